The molecule has 5 nitrogen and oxygen atoms in total. The SMILES string of the molecule is CCCC12COC(c3ccc(C(F)(F)Oc4cc(F)c(OC=CC(F)F)c(F)c4)c(F)c3)(OC1)OC2. The minimum atomic E-state index is -4.35. The Bertz CT molecular complexity index is 1090. The molecule has 196 valence electrons. The molecule has 5 rings (SSSR count). The predicted molar refractivity (Wildman–Crippen MR) is 110 cm³/mol. The Hall–Kier alpha value is -2.83. The van der Waals surface area contributed by atoms with E-state index in [4.69, 9.17) is 14.2 Å². The van der Waals surface area contributed by atoms with Gasteiger partial charge in [-0.1, -0.05) is 19.4 Å². The summed E-state index contributed by atoms with van der Waals surface area (Å²) in [5, 5.41) is 0. The zero-order valence-corrected chi connectivity index (χ0v) is 18.8. The van der Waals surface area contributed by atoms with Gasteiger partial charge in [-0.3, -0.25) is 0 Å². The van der Waals surface area contributed by atoms with Crippen molar-refractivity contribution in [1.29, 1.82) is 0 Å². The lowest BCUT2D eigenvalue weighted by atomic mass is 9.83. The normalized spacial score (nSPS) is 24.0. The average molecular weight is 522 g/mol. The van der Waals surface area contributed by atoms with Crippen LogP contribution in [-0.2, 0) is 26.3 Å². The first-order valence-corrected chi connectivity index (χ1v) is 10.9. The van der Waals surface area contributed by atoms with Crippen molar-refractivity contribution in [2.45, 2.75) is 38.3 Å². The van der Waals surface area contributed by atoms with Gasteiger partial charge in [-0.25, -0.2) is 22.0 Å². The van der Waals surface area contributed by atoms with Crippen molar-refractivity contribution < 1.29 is 54.4 Å². The van der Waals surface area contributed by atoms with Gasteiger partial charge in [0.05, 0.1) is 31.6 Å². The third kappa shape index (κ3) is 5.16. The van der Waals surface area contributed by atoms with Crippen LogP contribution in [0.25, 0.3) is 0 Å². The van der Waals surface area contributed by atoms with Crippen molar-refractivity contribution in [3.8, 4) is 11.5 Å². The highest BCUT2D eigenvalue weighted by molar-refractivity contribution is 5.36. The van der Waals surface area contributed by atoms with Gasteiger partial charge >= 0.3 is 12.1 Å². The number of benzene rings is 2. The van der Waals surface area contributed by atoms with Gasteiger partial charge in [0.25, 0.3) is 6.43 Å². The molecule has 0 radical (unpaired) electrons. The molecular weight excluding hydrogens is 501 g/mol. The van der Waals surface area contributed by atoms with Crippen molar-refractivity contribution in [3.63, 3.8) is 0 Å². The first-order valence-electron chi connectivity index (χ1n) is 10.9. The van der Waals surface area contributed by atoms with Crippen molar-refractivity contribution in [2.24, 2.45) is 5.41 Å². The summed E-state index contributed by atoms with van der Waals surface area (Å²) >= 11 is 0. The maximum atomic E-state index is 14.8. The Labute approximate surface area is 201 Å². The summed E-state index contributed by atoms with van der Waals surface area (Å²) in [6.45, 7) is 2.87. The third-order valence-corrected chi connectivity index (χ3v) is 5.75. The molecule has 3 aliphatic rings. The lowest BCUT2D eigenvalue weighted by molar-refractivity contribution is -0.480. The molecule has 0 unspecified atom stereocenters. The van der Waals surface area contributed by atoms with E-state index in [2.05, 4.69) is 9.47 Å². The Morgan fingerprint density at radius 3 is 2.11 bits per heavy atom. The maximum absolute atomic E-state index is 14.8. The highest BCUT2D eigenvalue weighted by Gasteiger charge is 2.53. The lowest BCUT2D eigenvalue weighted by Crippen LogP contribution is -2.58. The van der Waals surface area contributed by atoms with E-state index < -0.39 is 53.0 Å². The van der Waals surface area contributed by atoms with Crippen LogP contribution in [0.1, 0.15) is 30.9 Å². The van der Waals surface area contributed by atoms with Crippen LogP contribution in [0.2, 0.25) is 0 Å². The van der Waals surface area contributed by atoms with Crippen LogP contribution in [0.15, 0.2) is 42.7 Å². The maximum Gasteiger partial charge on any atom is 0.429 e. The van der Waals surface area contributed by atoms with Crippen molar-refractivity contribution in [3.05, 3.63) is 71.2 Å². The largest absolute Gasteiger partial charge is 0.459 e. The van der Waals surface area contributed by atoms with Gasteiger partial charge in [0.1, 0.15) is 11.6 Å². The number of ether oxygens (including phenoxy) is 5. The minimum Gasteiger partial charge on any atom is -0.459 e. The summed E-state index contributed by atoms with van der Waals surface area (Å²) in [5.41, 5.74) is -1.53. The predicted octanol–water partition coefficient (Wildman–Crippen LogP) is 6.36. The second-order valence-electron chi connectivity index (χ2n) is 8.48. The number of hydrogen-bond acceptors (Lipinski definition) is 5. The smallest absolute Gasteiger partial charge is 0.429 e. The third-order valence-electron chi connectivity index (χ3n) is 5.75. The van der Waals surface area contributed by atoms with Gasteiger partial charge in [-0.2, -0.15) is 8.78 Å². The molecular formula is C24H21F7O5. The monoisotopic (exact) mass is 522 g/mol. The number of alkyl halides is 4. The molecule has 3 saturated heterocycles. The van der Waals surface area contributed by atoms with E-state index >= 15 is 0 Å². The number of rotatable bonds is 9. The summed E-state index contributed by atoms with van der Waals surface area (Å²) in [6, 6.07) is 3.27. The molecule has 0 N–H and O–H groups in total. The quantitative estimate of drug-likeness (QED) is 0.283. The van der Waals surface area contributed by atoms with Crippen LogP contribution in [-0.4, -0.2) is 26.2 Å². The molecule has 0 aromatic heterocycles. The Balaban J connectivity index is 1.51. The van der Waals surface area contributed by atoms with Gasteiger partial charge in [-0.15, -0.1) is 0 Å². The molecule has 2 aromatic carbocycles. The Morgan fingerprint density at radius 1 is 0.972 bits per heavy atom. The topological polar surface area (TPSA) is 46.2 Å². The van der Waals surface area contributed by atoms with Crippen molar-refractivity contribution in [2.75, 3.05) is 19.8 Å². The van der Waals surface area contributed by atoms with E-state index in [0.717, 1.165) is 31.0 Å². The van der Waals surface area contributed by atoms with E-state index in [1.54, 1.807) is 0 Å². The molecule has 0 saturated carbocycles. The molecule has 0 aliphatic carbocycles. The molecule has 0 atom stereocenters. The van der Waals surface area contributed by atoms with E-state index in [0.29, 0.717) is 18.4 Å². The first kappa shape index (κ1) is 26.2. The van der Waals surface area contributed by atoms with Crippen molar-refractivity contribution >= 4 is 0 Å². The van der Waals surface area contributed by atoms with Gasteiger partial charge in [0.2, 0.25) is 0 Å². The van der Waals surface area contributed by atoms with E-state index in [-0.39, 0.29) is 36.9 Å². The molecule has 0 spiro atoms. The first-order chi connectivity index (χ1) is 17.0. The zero-order chi connectivity index (χ0) is 26.1. The highest BCUT2D eigenvalue weighted by Crippen LogP contribution is 2.47. The molecule has 12 heteroatoms. The van der Waals surface area contributed by atoms with Crippen LogP contribution >= 0.6 is 0 Å². The second-order valence-corrected chi connectivity index (χ2v) is 8.48. The molecule has 3 fully saturated rings. The van der Waals surface area contributed by atoms with E-state index in [1.165, 1.54) is 0 Å². The van der Waals surface area contributed by atoms with Crippen LogP contribution < -0.4 is 9.47 Å². The summed E-state index contributed by atoms with van der Waals surface area (Å²) in [7, 11) is 0. The fraction of sp³-hybridized carbons (Fsp3) is 0.417. The summed E-state index contributed by atoms with van der Waals surface area (Å²) in [4.78, 5) is 0. The van der Waals surface area contributed by atoms with E-state index in [9.17, 15) is 30.7 Å². The minimum absolute atomic E-state index is 0.0137. The Morgan fingerprint density at radius 2 is 1.58 bits per heavy atom. The van der Waals surface area contributed by atoms with Crippen molar-refractivity contribution in [1.82, 2.24) is 0 Å². The molecule has 2 aromatic rings. The van der Waals surface area contributed by atoms with Crippen LogP contribution in [0.5, 0.6) is 11.5 Å². The highest BCUT2D eigenvalue weighted by atomic mass is 19.3. The molecule has 3 heterocycles. The Kier molecular flexibility index (Phi) is 7.22. The summed E-state index contributed by atoms with van der Waals surface area (Å²) in [6.07, 6.45) is -5.06. The number of allylic oxidation sites excluding steroid dienone is 1. The molecule has 0 amide bonds. The number of hydrogen-bond donors (Lipinski definition) is 0. The van der Waals surface area contributed by atoms with Gasteiger partial charge in [0, 0.05) is 29.2 Å². The standard InChI is InChI=1S/C24H21F7O5/c1-2-6-22-11-33-24(34-12-22,35-13-22)14-3-4-16(17(25)8-14)23(30,31)36-15-9-18(26)21(19(27)10-15)32-7-5-20(28)29/h3-5,7-10,20H,2,6,11-13H2,1H3. The zero-order valence-electron chi connectivity index (χ0n) is 18.8. The molecule has 2 bridgehead atoms. The van der Waals surface area contributed by atoms with Gasteiger partial charge in [0.15, 0.2) is 17.4 Å². The van der Waals surface area contributed by atoms with Crippen LogP contribution in [0, 0.1) is 22.9 Å². The summed E-state index contributed by atoms with van der Waals surface area (Å²) < 4.78 is 122. The average Bonchev–Trinajstić information content (AvgIpc) is 2.81. The van der Waals surface area contributed by atoms with Crippen LogP contribution in [0.3, 0.4) is 0 Å². The number of fused-ring (bicyclic) bond motifs is 3. The fourth-order valence-corrected chi connectivity index (χ4v) is 4.01. The molecule has 3 aliphatic heterocycles. The lowest BCUT2D eigenvalue weighted by Gasteiger charge is -2.51. The van der Waals surface area contributed by atoms with E-state index in [1.807, 2.05) is 6.92 Å². The van der Waals surface area contributed by atoms with Crippen LogP contribution in [0.4, 0.5) is 30.7 Å². The molecule has 36 heavy (non-hydrogen) atoms. The summed E-state index contributed by atoms with van der Waals surface area (Å²) in [5.74, 6) is -8.25. The fourth-order valence-electron chi connectivity index (χ4n) is 4.01. The van der Waals surface area contributed by atoms with Gasteiger partial charge < -0.3 is 23.7 Å². The second kappa shape index (κ2) is 9.91. The number of halogens is 7. The van der Waals surface area contributed by atoms with Gasteiger partial charge in [-0.05, 0) is 18.6 Å².